The molecule has 0 aromatic carbocycles. The fourth-order valence-corrected chi connectivity index (χ4v) is 5.67. The van der Waals surface area contributed by atoms with Gasteiger partial charge in [-0.25, -0.2) is 0 Å². The molecule has 0 aliphatic rings. The normalized spacial score (nSPS) is 12.1. The van der Waals surface area contributed by atoms with Gasteiger partial charge in [0, 0.05) is 6.04 Å². The van der Waals surface area contributed by atoms with Crippen molar-refractivity contribution in [1.29, 1.82) is 0 Å². The molecule has 0 N–H and O–H groups in total. The van der Waals surface area contributed by atoms with E-state index in [0.29, 0.717) is 0 Å². The first kappa shape index (κ1) is 42.2. The summed E-state index contributed by atoms with van der Waals surface area (Å²) >= 11 is 0. The summed E-state index contributed by atoms with van der Waals surface area (Å²) in [5.74, 6) is -0.916. The van der Waals surface area contributed by atoms with Crippen molar-refractivity contribution in [2.45, 2.75) is 207 Å². The largest absolute Gasteiger partial charge is 1.00 e. The predicted octanol–water partition coefficient (Wildman–Crippen LogP) is 7.39. The molecule has 0 bridgehead atoms. The summed E-state index contributed by atoms with van der Waals surface area (Å²) in [6.07, 6.45) is 38.1. The van der Waals surface area contributed by atoms with Crippen LogP contribution in [-0.4, -0.2) is 30.0 Å². The van der Waals surface area contributed by atoms with Gasteiger partial charge in [-0.3, -0.25) is 4.90 Å². The van der Waals surface area contributed by atoms with Gasteiger partial charge >= 0.3 is 51.4 Å². The third kappa shape index (κ3) is 31.8. The molecular formula is C35H70KNO2. The Morgan fingerprint density at radius 3 is 0.872 bits per heavy atom. The summed E-state index contributed by atoms with van der Waals surface area (Å²) in [5, 5.41) is 11.5. The molecule has 4 heteroatoms. The molecule has 0 aromatic heterocycles. The first-order valence-corrected chi connectivity index (χ1v) is 17.6. The zero-order valence-corrected chi connectivity index (χ0v) is 30.7. The topological polar surface area (TPSA) is 43.4 Å². The first-order valence-electron chi connectivity index (χ1n) is 17.6. The summed E-state index contributed by atoms with van der Waals surface area (Å²) in [6.45, 7) is 8.19. The molecule has 39 heavy (non-hydrogen) atoms. The van der Waals surface area contributed by atoms with Crippen LogP contribution < -0.4 is 56.5 Å². The predicted molar refractivity (Wildman–Crippen MR) is 167 cm³/mol. The monoisotopic (exact) mass is 576 g/mol. The number of hydrogen-bond acceptors (Lipinski definition) is 3. The third-order valence-electron chi connectivity index (χ3n) is 8.49. The van der Waals surface area contributed by atoms with Gasteiger partial charge in [-0.15, -0.1) is 0 Å². The van der Waals surface area contributed by atoms with Gasteiger partial charge in [-0.05, 0) is 32.9 Å². The molecule has 0 aliphatic carbocycles. The van der Waals surface area contributed by atoms with E-state index in [4.69, 9.17) is 0 Å². The molecule has 0 saturated carbocycles. The molecule has 0 spiro atoms. The molecule has 0 rings (SSSR count). The number of hydrogen-bond donors (Lipinski definition) is 0. The number of carboxylic acids is 1. The van der Waals surface area contributed by atoms with Crippen LogP contribution in [0.15, 0.2) is 0 Å². The molecule has 0 saturated heterocycles. The van der Waals surface area contributed by atoms with Gasteiger partial charge in [-0.2, -0.15) is 0 Å². The summed E-state index contributed by atoms with van der Waals surface area (Å²) in [6, 6.07) is -0.459. The Labute approximate surface area is 289 Å². The molecule has 0 amide bonds. The smallest absolute Gasteiger partial charge is 0.548 e. The minimum atomic E-state index is -0.916. The van der Waals surface area contributed by atoms with Crippen molar-refractivity contribution in [2.75, 3.05) is 13.1 Å². The zero-order valence-electron chi connectivity index (χ0n) is 27.6. The fraction of sp³-hybridized carbons (Fsp3) is 0.971. The van der Waals surface area contributed by atoms with Crippen molar-refractivity contribution in [3.05, 3.63) is 0 Å². The van der Waals surface area contributed by atoms with Gasteiger partial charge in [0.1, 0.15) is 0 Å². The summed E-state index contributed by atoms with van der Waals surface area (Å²) in [5.41, 5.74) is 0. The van der Waals surface area contributed by atoms with Crippen molar-refractivity contribution in [2.24, 2.45) is 0 Å². The summed E-state index contributed by atoms with van der Waals surface area (Å²) in [7, 11) is 0. The molecule has 1 unspecified atom stereocenters. The second-order valence-electron chi connectivity index (χ2n) is 12.2. The van der Waals surface area contributed by atoms with Crippen LogP contribution in [0, 0.1) is 0 Å². The molecule has 3 nitrogen and oxygen atoms in total. The van der Waals surface area contributed by atoms with Crippen molar-refractivity contribution in [3.8, 4) is 0 Å². The van der Waals surface area contributed by atoms with Crippen molar-refractivity contribution < 1.29 is 61.3 Å². The van der Waals surface area contributed by atoms with Crippen molar-refractivity contribution in [3.63, 3.8) is 0 Å². The average molecular weight is 576 g/mol. The molecule has 0 radical (unpaired) electrons. The number of aliphatic carboxylic acids is 1. The van der Waals surface area contributed by atoms with Crippen LogP contribution in [-0.2, 0) is 4.79 Å². The summed E-state index contributed by atoms with van der Waals surface area (Å²) < 4.78 is 0. The average Bonchev–Trinajstić information content (AvgIpc) is 2.91. The van der Waals surface area contributed by atoms with Gasteiger partial charge in [-0.1, -0.05) is 181 Å². The van der Waals surface area contributed by atoms with Gasteiger partial charge in [0.25, 0.3) is 0 Å². The van der Waals surface area contributed by atoms with Crippen LogP contribution in [0.5, 0.6) is 0 Å². The number of nitrogens with zero attached hydrogens (tertiary/aromatic N) is 1. The Balaban J connectivity index is 0. The van der Waals surface area contributed by atoms with E-state index >= 15 is 0 Å². The van der Waals surface area contributed by atoms with E-state index in [1.54, 1.807) is 0 Å². The van der Waals surface area contributed by atoms with Crippen molar-refractivity contribution >= 4 is 5.97 Å². The summed E-state index contributed by atoms with van der Waals surface area (Å²) in [4.78, 5) is 13.6. The van der Waals surface area contributed by atoms with Crippen molar-refractivity contribution in [1.82, 2.24) is 4.90 Å². The van der Waals surface area contributed by atoms with E-state index in [1.165, 1.54) is 167 Å². The molecule has 0 aliphatic heterocycles. The van der Waals surface area contributed by atoms with E-state index in [0.717, 1.165) is 25.9 Å². The second-order valence-corrected chi connectivity index (χ2v) is 12.2. The number of carboxylic acid groups (broad SMARTS) is 1. The molecule has 0 fully saturated rings. The van der Waals surface area contributed by atoms with Crippen LogP contribution in [0.4, 0.5) is 0 Å². The second kappa shape index (κ2) is 35.3. The zero-order chi connectivity index (χ0) is 27.9. The van der Waals surface area contributed by atoms with Crippen LogP contribution in [0.1, 0.15) is 201 Å². The maximum atomic E-state index is 11.5. The number of carbonyl (C=O) groups is 1. The van der Waals surface area contributed by atoms with E-state index in [-0.39, 0.29) is 51.4 Å². The number of unbranched alkanes of at least 4 members (excludes halogenated alkanes) is 26. The van der Waals surface area contributed by atoms with E-state index in [9.17, 15) is 9.90 Å². The first-order chi connectivity index (χ1) is 18.6. The van der Waals surface area contributed by atoms with Crippen LogP contribution >= 0.6 is 0 Å². The van der Waals surface area contributed by atoms with Gasteiger partial charge in [0.2, 0.25) is 0 Å². The molecule has 228 valence electrons. The fourth-order valence-electron chi connectivity index (χ4n) is 5.67. The third-order valence-corrected chi connectivity index (χ3v) is 8.49. The quantitative estimate of drug-likeness (QED) is 0.0620. The number of carbonyl (C=O) groups excluding carboxylic acids is 1. The minimum Gasteiger partial charge on any atom is -0.548 e. The van der Waals surface area contributed by atoms with Gasteiger partial charge < -0.3 is 9.90 Å². The van der Waals surface area contributed by atoms with Crippen LogP contribution in [0.3, 0.4) is 0 Å². The molecule has 0 aromatic rings. The Morgan fingerprint density at radius 1 is 0.462 bits per heavy atom. The molecule has 0 heterocycles. The van der Waals surface area contributed by atoms with Gasteiger partial charge in [0.05, 0.1) is 5.97 Å². The maximum absolute atomic E-state index is 11.5. The van der Waals surface area contributed by atoms with Crippen LogP contribution in [0.2, 0.25) is 0 Å². The minimum absolute atomic E-state index is 0. The van der Waals surface area contributed by atoms with Crippen LogP contribution in [0.25, 0.3) is 0 Å². The SMILES string of the molecule is CCCCCCCCCCCCCCCCN(CCCCCCCCCCCCCCCC)C(C)C(=O)[O-].[K+]. The van der Waals surface area contributed by atoms with Gasteiger partial charge in [0.15, 0.2) is 0 Å². The Bertz CT molecular complexity index is 442. The van der Waals surface area contributed by atoms with E-state index in [2.05, 4.69) is 18.7 Å². The Morgan fingerprint density at radius 2 is 0.667 bits per heavy atom. The van der Waals surface area contributed by atoms with E-state index < -0.39 is 12.0 Å². The maximum Gasteiger partial charge on any atom is 1.00 e. The number of rotatable bonds is 32. The molecular weight excluding hydrogens is 505 g/mol. The Hall–Kier alpha value is 1.07. The van der Waals surface area contributed by atoms with E-state index in [1.807, 2.05) is 6.92 Å². The standard InChI is InChI=1S/C35H71NO2.K/c1-4-6-8-10-12-14-16-18-20-22-24-26-28-30-32-36(34(3)35(37)38)33-31-29-27-25-23-21-19-17-15-13-11-9-7-5-2;/h34H,4-33H2,1-3H3,(H,37,38);/q;+1/p-1. The molecule has 1 atom stereocenters. The Kier molecular flexibility index (Phi) is 38.2.